The third-order valence-electron chi connectivity index (χ3n) is 5.46. The third-order valence-corrected chi connectivity index (χ3v) is 5.46. The van der Waals surface area contributed by atoms with Gasteiger partial charge in [0.05, 0.1) is 19.2 Å². The number of nitrogens with zero attached hydrogens (tertiary/aromatic N) is 1. The predicted molar refractivity (Wildman–Crippen MR) is 111 cm³/mol. The number of rotatable bonds is 6. The van der Waals surface area contributed by atoms with E-state index in [1.807, 2.05) is 73.7 Å². The first-order valence-electron chi connectivity index (χ1n) is 9.78. The number of hydrogen-bond acceptors (Lipinski definition) is 3. The molecule has 1 aliphatic carbocycles. The van der Waals surface area contributed by atoms with E-state index in [-0.39, 0.29) is 12.6 Å². The van der Waals surface area contributed by atoms with Crippen LogP contribution >= 0.6 is 0 Å². The summed E-state index contributed by atoms with van der Waals surface area (Å²) >= 11 is 0. The molecule has 5 heteroatoms. The van der Waals surface area contributed by atoms with Gasteiger partial charge in [-0.15, -0.1) is 0 Å². The van der Waals surface area contributed by atoms with Gasteiger partial charge in [0.15, 0.2) is 0 Å². The van der Waals surface area contributed by atoms with Crippen LogP contribution in [0.3, 0.4) is 0 Å². The second kappa shape index (κ2) is 8.11. The monoisotopic (exact) mass is 393 g/mol. The van der Waals surface area contributed by atoms with E-state index in [2.05, 4.69) is 0 Å². The SMILES string of the molecule is COc1ccc(COC(=O)N([C@@H]2C[C@H]2F)[C@@H](C)c2cccc3ccccc23)cc1. The minimum atomic E-state index is -0.999. The zero-order valence-electron chi connectivity index (χ0n) is 16.5. The molecule has 0 aliphatic heterocycles. The molecule has 3 aromatic rings. The van der Waals surface area contributed by atoms with Gasteiger partial charge in [-0.1, -0.05) is 54.6 Å². The molecule has 150 valence electrons. The maximum absolute atomic E-state index is 14.0. The Balaban J connectivity index is 1.54. The van der Waals surface area contributed by atoms with Crippen LogP contribution < -0.4 is 4.74 Å². The highest BCUT2D eigenvalue weighted by atomic mass is 19.1. The van der Waals surface area contributed by atoms with Crippen molar-refractivity contribution < 1.29 is 18.7 Å². The fourth-order valence-corrected chi connectivity index (χ4v) is 3.73. The zero-order chi connectivity index (χ0) is 20.4. The summed E-state index contributed by atoms with van der Waals surface area (Å²) in [5.41, 5.74) is 1.84. The topological polar surface area (TPSA) is 38.8 Å². The van der Waals surface area contributed by atoms with Crippen molar-refractivity contribution >= 4 is 16.9 Å². The van der Waals surface area contributed by atoms with Gasteiger partial charge in [0.1, 0.15) is 18.5 Å². The summed E-state index contributed by atoms with van der Waals surface area (Å²) in [5, 5.41) is 2.16. The lowest BCUT2D eigenvalue weighted by Crippen LogP contribution is -2.37. The maximum atomic E-state index is 14.0. The van der Waals surface area contributed by atoms with Crippen LogP contribution in [-0.4, -0.2) is 30.3 Å². The van der Waals surface area contributed by atoms with Crippen molar-refractivity contribution in [3.63, 3.8) is 0 Å². The summed E-state index contributed by atoms with van der Waals surface area (Å²) in [6.07, 6.45) is -1.14. The van der Waals surface area contributed by atoms with Crippen LogP contribution in [0.1, 0.15) is 30.5 Å². The van der Waals surface area contributed by atoms with Crippen molar-refractivity contribution in [2.75, 3.05) is 7.11 Å². The lowest BCUT2D eigenvalue weighted by atomic mass is 9.99. The Morgan fingerprint density at radius 2 is 1.79 bits per heavy atom. The number of hydrogen-bond donors (Lipinski definition) is 0. The molecule has 29 heavy (non-hydrogen) atoms. The number of alkyl halides is 1. The Hall–Kier alpha value is -3.08. The molecule has 0 aromatic heterocycles. The lowest BCUT2D eigenvalue weighted by molar-refractivity contribution is 0.0763. The van der Waals surface area contributed by atoms with E-state index < -0.39 is 18.3 Å². The van der Waals surface area contributed by atoms with Crippen LogP contribution in [0, 0.1) is 0 Å². The Morgan fingerprint density at radius 1 is 1.10 bits per heavy atom. The first kappa shape index (κ1) is 19.2. The normalized spacial score (nSPS) is 18.9. The number of methoxy groups -OCH3 is 1. The standard InChI is InChI=1S/C24H24FNO3/c1-16(20-9-5-7-18-6-3-4-8-21(18)20)26(23-14-22(23)25)24(27)29-15-17-10-12-19(28-2)13-11-17/h3-13,16,22-23H,14-15H2,1-2H3/t16-,22+,23+/m0/s1. The smallest absolute Gasteiger partial charge is 0.410 e. The highest BCUT2D eigenvalue weighted by molar-refractivity contribution is 5.86. The van der Waals surface area contributed by atoms with E-state index in [0.717, 1.165) is 27.6 Å². The number of benzene rings is 3. The van der Waals surface area contributed by atoms with Gasteiger partial charge in [-0.05, 0) is 41.0 Å². The number of ether oxygens (including phenoxy) is 2. The van der Waals surface area contributed by atoms with Gasteiger partial charge in [0.2, 0.25) is 0 Å². The molecule has 1 fully saturated rings. The number of halogens is 1. The number of carbonyl (C=O) groups excluding carboxylic acids is 1. The van der Waals surface area contributed by atoms with Crippen LogP contribution in [0.2, 0.25) is 0 Å². The fourth-order valence-electron chi connectivity index (χ4n) is 3.73. The minimum absolute atomic E-state index is 0.130. The second-order valence-electron chi connectivity index (χ2n) is 7.37. The van der Waals surface area contributed by atoms with Crippen LogP contribution in [0.4, 0.5) is 9.18 Å². The van der Waals surface area contributed by atoms with E-state index in [1.165, 1.54) is 0 Å². The maximum Gasteiger partial charge on any atom is 0.410 e. The first-order chi connectivity index (χ1) is 14.1. The highest BCUT2D eigenvalue weighted by Crippen LogP contribution is 2.39. The lowest BCUT2D eigenvalue weighted by Gasteiger charge is -2.29. The number of carbonyl (C=O) groups is 1. The molecule has 1 saturated carbocycles. The summed E-state index contributed by atoms with van der Waals surface area (Å²) in [6.45, 7) is 2.06. The van der Waals surface area contributed by atoms with Crippen LogP contribution in [-0.2, 0) is 11.3 Å². The van der Waals surface area contributed by atoms with Crippen LogP contribution in [0.25, 0.3) is 10.8 Å². The average Bonchev–Trinajstić information content (AvgIpc) is 3.47. The molecule has 3 aromatic carbocycles. The molecule has 1 aliphatic rings. The summed E-state index contributed by atoms with van der Waals surface area (Å²) in [7, 11) is 1.60. The zero-order valence-corrected chi connectivity index (χ0v) is 16.5. The van der Waals surface area contributed by atoms with Gasteiger partial charge in [0.25, 0.3) is 0 Å². The van der Waals surface area contributed by atoms with E-state index in [0.29, 0.717) is 6.42 Å². The molecule has 1 amide bonds. The van der Waals surface area contributed by atoms with Gasteiger partial charge >= 0.3 is 6.09 Å². The van der Waals surface area contributed by atoms with Gasteiger partial charge in [-0.3, -0.25) is 4.90 Å². The van der Waals surface area contributed by atoms with Crippen molar-refractivity contribution in [1.29, 1.82) is 0 Å². The molecule has 0 heterocycles. The fraction of sp³-hybridized carbons (Fsp3) is 0.292. The van der Waals surface area contributed by atoms with E-state index in [4.69, 9.17) is 9.47 Å². The van der Waals surface area contributed by atoms with Crippen LogP contribution in [0.5, 0.6) is 5.75 Å². The van der Waals surface area contributed by atoms with E-state index >= 15 is 0 Å². The molecule has 0 saturated heterocycles. The summed E-state index contributed by atoms with van der Waals surface area (Å²) in [4.78, 5) is 14.5. The summed E-state index contributed by atoms with van der Waals surface area (Å²) < 4.78 is 24.6. The predicted octanol–water partition coefficient (Wildman–Crippen LogP) is 5.66. The van der Waals surface area contributed by atoms with Crippen LogP contribution in [0.15, 0.2) is 66.7 Å². The molecule has 0 unspecified atom stereocenters. The Morgan fingerprint density at radius 3 is 2.48 bits per heavy atom. The molecule has 0 N–H and O–H groups in total. The highest BCUT2D eigenvalue weighted by Gasteiger charge is 2.47. The van der Waals surface area contributed by atoms with Gasteiger partial charge < -0.3 is 9.47 Å². The average molecular weight is 393 g/mol. The van der Waals surface area contributed by atoms with E-state index in [9.17, 15) is 9.18 Å². The molecule has 0 spiro atoms. The van der Waals surface area contributed by atoms with Gasteiger partial charge in [-0.25, -0.2) is 9.18 Å². The number of fused-ring (bicyclic) bond motifs is 1. The molecule has 4 rings (SSSR count). The van der Waals surface area contributed by atoms with Crippen molar-refractivity contribution in [2.45, 2.75) is 38.2 Å². The largest absolute Gasteiger partial charge is 0.497 e. The molecule has 0 radical (unpaired) electrons. The number of amides is 1. The Labute approximate surface area is 169 Å². The first-order valence-corrected chi connectivity index (χ1v) is 9.78. The van der Waals surface area contributed by atoms with Crippen molar-refractivity contribution in [2.24, 2.45) is 0 Å². The van der Waals surface area contributed by atoms with Gasteiger partial charge in [0, 0.05) is 6.42 Å². The molecular formula is C24H24FNO3. The van der Waals surface area contributed by atoms with E-state index in [1.54, 1.807) is 12.0 Å². The van der Waals surface area contributed by atoms with Crippen molar-refractivity contribution in [3.8, 4) is 5.75 Å². The Bertz CT molecular complexity index is 999. The second-order valence-corrected chi connectivity index (χ2v) is 7.37. The molecule has 4 nitrogen and oxygen atoms in total. The van der Waals surface area contributed by atoms with Gasteiger partial charge in [-0.2, -0.15) is 0 Å². The Kier molecular flexibility index (Phi) is 5.38. The van der Waals surface area contributed by atoms with Crippen molar-refractivity contribution in [3.05, 3.63) is 77.9 Å². The van der Waals surface area contributed by atoms with Crippen molar-refractivity contribution in [1.82, 2.24) is 4.90 Å². The molecule has 0 bridgehead atoms. The minimum Gasteiger partial charge on any atom is -0.497 e. The summed E-state index contributed by atoms with van der Waals surface area (Å²) in [5.74, 6) is 0.740. The summed E-state index contributed by atoms with van der Waals surface area (Å²) in [6, 6.07) is 20.6. The molecule has 3 atom stereocenters. The molecular weight excluding hydrogens is 369 g/mol. The quantitative estimate of drug-likeness (QED) is 0.542. The third kappa shape index (κ3) is 4.04.